The van der Waals surface area contributed by atoms with E-state index in [1.54, 1.807) is 4.57 Å². The molecule has 0 saturated carbocycles. The zero-order chi connectivity index (χ0) is 22.1. The molecule has 0 atom stereocenters. The Morgan fingerprint density at radius 3 is 2.28 bits per heavy atom. The molecule has 0 unspecified atom stereocenters. The van der Waals surface area contributed by atoms with Crippen LogP contribution in [0.4, 0.5) is 5.69 Å². The Bertz CT molecular complexity index is 1480. The Hall–Kier alpha value is -4.45. The molecule has 0 aliphatic heterocycles. The van der Waals surface area contributed by atoms with Gasteiger partial charge < -0.3 is 14.8 Å². The summed E-state index contributed by atoms with van der Waals surface area (Å²) in [4.78, 5) is 12.4. The molecule has 5 rings (SSSR count). The number of phenols is 1. The lowest BCUT2D eigenvalue weighted by atomic mass is 10.0. The molecule has 1 aromatic heterocycles. The average molecular weight is 421 g/mol. The van der Waals surface area contributed by atoms with Crippen LogP contribution in [0.25, 0.3) is 21.7 Å². The zero-order valence-electron chi connectivity index (χ0n) is 17.0. The molecule has 2 N–H and O–H groups in total. The van der Waals surface area contributed by atoms with E-state index in [0.29, 0.717) is 17.5 Å². The van der Waals surface area contributed by atoms with Crippen molar-refractivity contribution in [2.45, 2.75) is 6.54 Å². The molecule has 0 aliphatic carbocycles. The summed E-state index contributed by atoms with van der Waals surface area (Å²) in [6.45, 7) is 0.440. The van der Waals surface area contributed by atoms with E-state index in [1.807, 2.05) is 48.5 Å². The highest BCUT2D eigenvalue weighted by atomic mass is 16.3. The highest BCUT2D eigenvalue weighted by molar-refractivity contribution is 5.97. The van der Waals surface area contributed by atoms with Crippen molar-refractivity contribution in [3.8, 4) is 11.6 Å². The first-order valence-electron chi connectivity index (χ1n) is 10.1. The number of hydrogen-bond donors (Lipinski definition) is 2. The van der Waals surface area contributed by atoms with Crippen LogP contribution in [-0.2, 0) is 6.54 Å². The summed E-state index contributed by atoms with van der Waals surface area (Å²) in [7, 11) is 0. The molecule has 0 saturated heterocycles. The van der Waals surface area contributed by atoms with Crippen molar-refractivity contribution in [1.82, 2.24) is 4.57 Å². The van der Waals surface area contributed by atoms with Gasteiger partial charge in [-0.25, -0.2) is 0 Å². The number of azo groups is 1. The van der Waals surface area contributed by atoms with E-state index in [0.717, 1.165) is 21.9 Å². The number of rotatable bonds is 4. The van der Waals surface area contributed by atoms with E-state index in [9.17, 15) is 15.0 Å². The Kier molecular flexibility index (Phi) is 4.88. The van der Waals surface area contributed by atoms with Crippen LogP contribution in [0.3, 0.4) is 0 Å². The highest BCUT2D eigenvalue weighted by Crippen LogP contribution is 2.39. The van der Waals surface area contributed by atoms with Gasteiger partial charge in [-0.1, -0.05) is 60.7 Å². The van der Waals surface area contributed by atoms with Gasteiger partial charge in [0.25, 0.3) is 5.91 Å². The van der Waals surface area contributed by atoms with E-state index in [4.69, 9.17) is 0 Å². The minimum Gasteiger partial charge on any atom is -0.508 e. The van der Waals surface area contributed by atoms with Crippen LogP contribution in [0.5, 0.6) is 11.6 Å². The Balaban J connectivity index is 1.56. The van der Waals surface area contributed by atoms with Gasteiger partial charge in [0.15, 0.2) is 5.69 Å². The lowest BCUT2D eigenvalue weighted by Gasteiger charge is -2.10. The van der Waals surface area contributed by atoms with E-state index < -0.39 is 5.91 Å². The number of aromatic hydroxyl groups is 2. The molecule has 1 amide bonds. The van der Waals surface area contributed by atoms with Crippen LogP contribution in [0.2, 0.25) is 0 Å². The number of benzene rings is 4. The molecule has 0 fully saturated rings. The van der Waals surface area contributed by atoms with E-state index in [-0.39, 0.29) is 17.3 Å². The molecule has 0 spiro atoms. The third kappa shape index (κ3) is 3.48. The molecule has 5 aromatic rings. The first kappa shape index (κ1) is 19.5. The topological polar surface area (TPSA) is 87.2 Å². The van der Waals surface area contributed by atoms with Gasteiger partial charge >= 0.3 is 0 Å². The summed E-state index contributed by atoms with van der Waals surface area (Å²) in [5.41, 5.74) is 2.39. The van der Waals surface area contributed by atoms with Crippen LogP contribution in [0.1, 0.15) is 15.9 Å². The van der Waals surface area contributed by atoms with Gasteiger partial charge in [0.2, 0.25) is 5.88 Å². The molecule has 4 aromatic carbocycles. The molecule has 0 aliphatic rings. The van der Waals surface area contributed by atoms with E-state index in [2.05, 4.69) is 28.4 Å². The van der Waals surface area contributed by atoms with Crippen LogP contribution < -0.4 is 0 Å². The van der Waals surface area contributed by atoms with E-state index >= 15 is 0 Å². The molecular formula is C26H19N3O3. The smallest absolute Gasteiger partial charge is 0.295 e. The third-order valence-corrected chi connectivity index (χ3v) is 5.48. The summed E-state index contributed by atoms with van der Waals surface area (Å²) >= 11 is 0. The minimum absolute atomic E-state index is 0.0543. The van der Waals surface area contributed by atoms with Crippen LogP contribution in [0.15, 0.2) is 101 Å². The first-order chi connectivity index (χ1) is 15.6. The predicted octanol–water partition coefficient (Wildman–Crippen LogP) is 6.18. The van der Waals surface area contributed by atoms with Crippen molar-refractivity contribution in [2.24, 2.45) is 10.2 Å². The van der Waals surface area contributed by atoms with Crippen molar-refractivity contribution < 1.29 is 15.0 Å². The van der Waals surface area contributed by atoms with Crippen LogP contribution in [-0.4, -0.2) is 20.7 Å². The second-order valence-corrected chi connectivity index (χ2v) is 7.47. The molecule has 1 heterocycles. The second kappa shape index (κ2) is 8.00. The van der Waals surface area contributed by atoms with Crippen molar-refractivity contribution in [2.75, 3.05) is 0 Å². The highest BCUT2D eigenvalue weighted by Gasteiger charge is 2.18. The summed E-state index contributed by atoms with van der Waals surface area (Å²) < 4.78 is 1.77. The Morgan fingerprint density at radius 1 is 0.781 bits per heavy atom. The third-order valence-electron chi connectivity index (χ3n) is 5.48. The number of nitrogens with zero attached hydrogens (tertiary/aromatic N) is 3. The predicted molar refractivity (Wildman–Crippen MR) is 124 cm³/mol. The molecule has 0 radical (unpaired) electrons. The van der Waals surface area contributed by atoms with E-state index in [1.165, 1.54) is 24.3 Å². The van der Waals surface area contributed by atoms with Gasteiger partial charge in [0.05, 0.1) is 12.1 Å². The molecule has 0 bridgehead atoms. The molecule has 32 heavy (non-hydrogen) atoms. The molecular weight excluding hydrogens is 402 g/mol. The number of carbonyl (C=O) groups is 1. The number of amides is 1. The maximum absolute atomic E-state index is 12.4. The fourth-order valence-electron chi connectivity index (χ4n) is 3.89. The van der Waals surface area contributed by atoms with Crippen LogP contribution in [0, 0.1) is 0 Å². The SMILES string of the molecule is O=C(N=Nc1c(O)n(Cc2cccc3ccccc23)c2ccccc12)c1ccc(O)cc1. The van der Waals surface area contributed by atoms with Crippen molar-refractivity contribution >= 4 is 33.3 Å². The van der Waals surface area contributed by atoms with Crippen LogP contribution >= 0.6 is 0 Å². The molecule has 6 nitrogen and oxygen atoms in total. The lowest BCUT2D eigenvalue weighted by Crippen LogP contribution is -1.99. The second-order valence-electron chi connectivity index (χ2n) is 7.47. The summed E-state index contributed by atoms with van der Waals surface area (Å²) in [5, 5.41) is 31.3. The maximum Gasteiger partial charge on any atom is 0.295 e. The van der Waals surface area contributed by atoms with Gasteiger partial charge in [-0.05, 0) is 46.7 Å². The quantitative estimate of drug-likeness (QED) is 0.340. The first-order valence-corrected chi connectivity index (χ1v) is 10.1. The van der Waals surface area contributed by atoms with Gasteiger partial charge in [0, 0.05) is 10.9 Å². The monoisotopic (exact) mass is 421 g/mol. The van der Waals surface area contributed by atoms with Crippen molar-refractivity contribution in [3.63, 3.8) is 0 Å². The summed E-state index contributed by atoms with van der Waals surface area (Å²) in [6.07, 6.45) is 0. The number of para-hydroxylation sites is 1. The van der Waals surface area contributed by atoms with Gasteiger partial charge in [-0.15, -0.1) is 10.2 Å². The standard InChI is InChI=1S/C26H19N3O3/c30-20-14-12-18(13-15-20)25(31)28-27-24-22-10-3-4-11-23(22)29(26(24)32)16-19-8-5-7-17-6-1-2-9-21(17)19/h1-15,30,32H,16H2. The zero-order valence-corrected chi connectivity index (χ0v) is 17.0. The summed E-state index contributed by atoms with van der Waals surface area (Å²) in [6, 6.07) is 27.5. The number of fused-ring (bicyclic) bond motifs is 2. The molecule has 6 heteroatoms. The van der Waals surface area contributed by atoms with Crippen molar-refractivity contribution in [3.05, 3.63) is 102 Å². The number of phenolic OH excluding ortho intramolecular Hbond substituents is 1. The average Bonchev–Trinajstić information content (AvgIpc) is 3.09. The van der Waals surface area contributed by atoms with Gasteiger partial charge in [-0.2, -0.15) is 0 Å². The lowest BCUT2D eigenvalue weighted by molar-refractivity contribution is 0.0995. The minimum atomic E-state index is -0.560. The Labute approximate surface area is 183 Å². The van der Waals surface area contributed by atoms with Gasteiger partial charge in [-0.3, -0.25) is 4.79 Å². The maximum atomic E-state index is 12.4. The fourth-order valence-corrected chi connectivity index (χ4v) is 3.89. The largest absolute Gasteiger partial charge is 0.508 e. The fraction of sp³-hybridized carbons (Fsp3) is 0.0385. The van der Waals surface area contributed by atoms with Crippen molar-refractivity contribution in [1.29, 1.82) is 0 Å². The normalized spacial score (nSPS) is 11.5. The van der Waals surface area contributed by atoms with Gasteiger partial charge in [0.1, 0.15) is 5.75 Å². The number of hydrogen-bond acceptors (Lipinski definition) is 4. The number of carbonyl (C=O) groups excluding carboxylic acids is 1. The summed E-state index contributed by atoms with van der Waals surface area (Å²) in [5.74, 6) is -0.552. The molecule has 156 valence electrons. The number of aromatic nitrogens is 1. The Morgan fingerprint density at radius 2 is 1.47 bits per heavy atom.